The Balaban J connectivity index is 2.19. The van der Waals surface area contributed by atoms with Crippen molar-refractivity contribution in [1.82, 2.24) is 5.43 Å². The zero-order chi connectivity index (χ0) is 13.1. The molecule has 1 atom stereocenters. The smallest absolute Gasteiger partial charge is 0.159 e. The molecular weight excluding hydrogens is 322 g/mol. The monoisotopic (exact) mass is 332 g/mol. The predicted molar refractivity (Wildman–Crippen MR) is 72.1 cm³/mol. The molecule has 3 N–H and O–H groups in total. The van der Waals surface area contributed by atoms with Crippen molar-refractivity contribution >= 4 is 27.3 Å². The standard InChI is InChI=1S/C12H11BrF2N2S/c13-8-4-9(18-6-8)5-12(17-16)7-1-2-10(14)11(15)3-7/h1-4,6,12,17H,5,16H2. The first-order chi connectivity index (χ1) is 8.60. The number of nitrogens with two attached hydrogens (primary N) is 1. The van der Waals surface area contributed by atoms with Crippen molar-refractivity contribution in [2.75, 3.05) is 0 Å². The number of halogens is 3. The van der Waals surface area contributed by atoms with Crippen molar-refractivity contribution in [2.45, 2.75) is 12.5 Å². The van der Waals surface area contributed by atoms with Crippen LogP contribution in [0.3, 0.4) is 0 Å². The van der Waals surface area contributed by atoms with E-state index in [0.29, 0.717) is 12.0 Å². The molecule has 0 saturated carbocycles. The van der Waals surface area contributed by atoms with Gasteiger partial charge in [0.1, 0.15) is 0 Å². The lowest BCUT2D eigenvalue weighted by Gasteiger charge is -2.15. The van der Waals surface area contributed by atoms with Crippen LogP contribution < -0.4 is 11.3 Å². The van der Waals surface area contributed by atoms with E-state index in [9.17, 15) is 8.78 Å². The highest BCUT2D eigenvalue weighted by Gasteiger charge is 2.14. The minimum Gasteiger partial charge on any atom is -0.271 e. The van der Waals surface area contributed by atoms with Gasteiger partial charge in [0, 0.05) is 21.2 Å². The third-order valence-corrected chi connectivity index (χ3v) is 4.29. The number of hydrogen-bond donors (Lipinski definition) is 2. The van der Waals surface area contributed by atoms with Gasteiger partial charge in [-0.05, 0) is 39.7 Å². The van der Waals surface area contributed by atoms with Crippen LogP contribution in [-0.4, -0.2) is 0 Å². The second-order valence-electron chi connectivity index (χ2n) is 3.83. The van der Waals surface area contributed by atoms with Gasteiger partial charge in [0.25, 0.3) is 0 Å². The Hall–Kier alpha value is -0.820. The molecule has 0 saturated heterocycles. The molecule has 18 heavy (non-hydrogen) atoms. The van der Waals surface area contributed by atoms with Gasteiger partial charge in [-0.1, -0.05) is 6.07 Å². The fourth-order valence-electron chi connectivity index (χ4n) is 1.66. The molecule has 1 aromatic heterocycles. The predicted octanol–water partition coefficient (Wildman–Crippen LogP) is 3.54. The van der Waals surface area contributed by atoms with Gasteiger partial charge in [0.15, 0.2) is 11.6 Å². The molecule has 1 aromatic carbocycles. The molecular formula is C12H11BrF2N2S. The Kier molecular flexibility index (Phi) is 4.45. The average Bonchev–Trinajstić information content (AvgIpc) is 2.75. The highest BCUT2D eigenvalue weighted by Crippen LogP contribution is 2.25. The van der Waals surface area contributed by atoms with Gasteiger partial charge in [0.05, 0.1) is 6.04 Å². The molecule has 1 heterocycles. The number of thiophene rings is 1. The second-order valence-corrected chi connectivity index (χ2v) is 5.74. The fraction of sp³-hybridized carbons (Fsp3) is 0.167. The molecule has 0 fully saturated rings. The van der Waals surface area contributed by atoms with Gasteiger partial charge in [-0.2, -0.15) is 0 Å². The maximum absolute atomic E-state index is 13.2. The Labute approximate surface area is 116 Å². The normalized spacial score (nSPS) is 12.7. The largest absolute Gasteiger partial charge is 0.271 e. The number of nitrogens with one attached hydrogen (secondary N) is 1. The van der Waals surface area contributed by atoms with Crippen LogP contribution in [0.15, 0.2) is 34.1 Å². The number of benzene rings is 1. The number of hydrogen-bond acceptors (Lipinski definition) is 3. The molecule has 6 heteroatoms. The zero-order valence-electron chi connectivity index (χ0n) is 9.29. The van der Waals surface area contributed by atoms with Crippen molar-refractivity contribution in [2.24, 2.45) is 5.84 Å². The number of rotatable bonds is 4. The molecule has 0 amide bonds. The van der Waals surface area contributed by atoms with Crippen LogP contribution in [-0.2, 0) is 6.42 Å². The molecule has 1 unspecified atom stereocenters. The van der Waals surface area contributed by atoms with Crippen molar-refractivity contribution in [3.63, 3.8) is 0 Å². The maximum Gasteiger partial charge on any atom is 0.159 e. The summed E-state index contributed by atoms with van der Waals surface area (Å²) >= 11 is 4.96. The lowest BCUT2D eigenvalue weighted by atomic mass is 10.0. The lowest BCUT2D eigenvalue weighted by molar-refractivity contribution is 0.497. The van der Waals surface area contributed by atoms with Crippen molar-refractivity contribution in [1.29, 1.82) is 0 Å². The first-order valence-corrected chi connectivity index (χ1v) is 6.91. The average molecular weight is 333 g/mol. The van der Waals surface area contributed by atoms with E-state index in [2.05, 4.69) is 21.4 Å². The Morgan fingerprint density at radius 1 is 1.28 bits per heavy atom. The quantitative estimate of drug-likeness (QED) is 0.663. The summed E-state index contributed by atoms with van der Waals surface area (Å²) < 4.78 is 27.0. The molecule has 2 nitrogen and oxygen atoms in total. The van der Waals surface area contributed by atoms with Crippen LogP contribution in [0.1, 0.15) is 16.5 Å². The molecule has 0 aliphatic heterocycles. The molecule has 2 rings (SSSR count). The van der Waals surface area contributed by atoms with E-state index in [1.54, 1.807) is 11.3 Å². The third-order valence-electron chi connectivity index (χ3n) is 2.57. The van der Waals surface area contributed by atoms with Crippen molar-refractivity contribution in [3.8, 4) is 0 Å². The third kappa shape index (κ3) is 3.14. The van der Waals surface area contributed by atoms with Crippen LogP contribution in [0.2, 0.25) is 0 Å². The highest BCUT2D eigenvalue weighted by molar-refractivity contribution is 9.10. The van der Waals surface area contributed by atoms with Gasteiger partial charge in [-0.3, -0.25) is 11.3 Å². The van der Waals surface area contributed by atoms with E-state index in [1.165, 1.54) is 12.1 Å². The zero-order valence-corrected chi connectivity index (χ0v) is 11.7. The van der Waals surface area contributed by atoms with Crippen molar-refractivity contribution < 1.29 is 8.78 Å². The van der Waals surface area contributed by atoms with E-state index < -0.39 is 11.6 Å². The summed E-state index contributed by atoms with van der Waals surface area (Å²) in [6, 6.07) is 5.55. The van der Waals surface area contributed by atoms with E-state index in [1.807, 2.05) is 11.4 Å². The summed E-state index contributed by atoms with van der Waals surface area (Å²) in [4.78, 5) is 1.11. The van der Waals surface area contributed by atoms with Gasteiger partial charge in [-0.25, -0.2) is 8.78 Å². The SMILES string of the molecule is NNC(Cc1cc(Br)cs1)c1ccc(F)c(F)c1. The van der Waals surface area contributed by atoms with Crippen LogP contribution >= 0.6 is 27.3 Å². The minimum atomic E-state index is -0.861. The summed E-state index contributed by atoms with van der Waals surface area (Å²) in [5, 5.41) is 1.97. The topological polar surface area (TPSA) is 38.0 Å². The summed E-state index contributed by atoms with van der Waals surface area (Å²) in [5.41, 5.74) is 3.25. The lowest BCUT2D eigenvalue weighted by Crippen LogP contribution is -2.29. The molecule has 0 bridgehead atoms. The molecule has 0 aliphatic carbocycles. The number of hydrazine groups is 1. The Bertz CT molecular complexity index is 545. The van der Waals surface area contributed by atoms with E-state index in [-0.39, 0.29) is 6.04 Å². The maximum atomic E-state index is 13.2. The van der Waals surface area contributed by atoms with E-state index in [0.717, 1.165) is 15.4 Å². The molecule has 2 aromatic rings. The van der Waals surface area contributed by atoms with Crippen LogP contribution in [0.4, 0.5) is 8.78 Å². The van der Waals surface area contributed by atoms with Crippen LogP contribution in [0.5, 0.6) is 0 Å². The molecule has 0 aliphatic rings. The van der Waals surface area contributed by atoms with E-state index >= 15 is 0 Å². The summed E-state index contributed by atoms with van der Waals surface area (Å²) in [6.45, 7) is 0. The van der Waals surface area contributed by atoms with Crippen LogP contribution in [0, 0.1) is 11.6 Å². The van der Waals surface area contributed by atoms with Gasteiger partial charge in [-0.15, -0.1) is 11.3 Å². The first-order valence-electron chi connectivity index (χ1n) is 5.24. The highest BCUT2D eigenvalue weighted by atomic mass is 79.9. The second kappa shape index (κ2) is 5.88. The summed E-state index contributed by atoms with van der Waals surface area (Å²) in [5.74, 6) is 3.76. The Morgan fingerprint density at radius 3 is 2.61 bits per heavy atom. The molecule has 0 radical (unpaired) electrons. The summed E-state index contributed by atoms with van der Waals surface area (Å²) in [6.07, 6.45) is 0.623. The van der Waals surface area contributed by atoms with Gasteiger partial charge in [0.2, 0.25) is 0 Å². The fourth-order valence-corrected chi connectivity index (χ4v) is 3.16. The van der Waals surface area contributed by atoms with Gasteiger partial charge < -0.3 is 0 Å². The molecule has 0 spiro atoms. The van der Waals surface area contributed by atoms with Crippen LogP contribution in [0.25, 0.3) is 0 Å². The minimum absolute atomic E-state index is 0.245. The van der Waals surface area contributed by atoms with E-state index in [4.69, 9.17) is 5.84 Å². The molecule has 96 valence electrons. The summed E-state index contributed by atoms with van der Waals surface area (Å²) in [7, 11) is 0. The first kappa shape index (κ1) is 13.6. The Morgan fingerprint density at radius 2 is 2.06 bits per heavy atom. The van der Waals surface area contributed by atoms with Crippen molar-refractivity contribution in [3.05, 3.63) is 56.2 Å². The van der Waals surface area contributed by atoms with Gasteiger partial charge >= 0.3 is 0 Å².